The highest BCUT2D eigenvalue weighted by atomic mass is 16.3. The second kappa shape index (κ2) is 6.05. The summed E-state index contributed by atoms with van der Waals surface area (Å²) >= 11 is 0. The molecule has 0 bridgehead atoms. The molecule has 2 aliphatic rings. The second-order valence-corrected chi connectivity index (χ2v) is 6.48. The average molecular weight is 253 g/mol. The molecule has 0 aromatic rings. The summed E-state index contributed by atoms with van der Waals surface area (Å²) in [4.78, 5) is 14.4. The van der Waals surface area contributed by atoms with Crippen LogP contribution in [0, 0.1) is 23.7 Å². The van der Waals surface area contributed by atoms with Crippen LogP contribution in [0.3, 0.4) is 0 Å². The molecule has 0 aromatic carbocycles. The van der Waals surface area contributed by atoms with Crippen molar-refractivity contribution in [1.29, 1.82) is 0 Å². The molecule has 1 N–H and O–H groups in total. The lowest BCUT2D eigenvalue weighted by molar-refractivity contribution is -0.136. The Labute approximate surface area is 111 Å². The van der Waals surface area contributed by atoms with E-state index in [0.29, 0.717) is 11.8 Å². The van der Waals surface area contributed by atoms with Gasteiger partial charge in [0.15, 0.2) is 0 Å². The van der Waals surface area contributed by atoms with E-state index in [4.69, 9.17) is 5.11 Å². The van der Waals surface area contributed by atoms with Crippen LogP contribution in [0.15, 0.2) is 0 Å². The summed E-state index contributed by atoms with van der Waals surface area (Å²) in [6.07, 6.45) is 5.55. The van der Waals surface area contributed by atoms with Gasteiger partial charge >= 0.3 is 0 Å². The molecular weight excluding hydrogens is 226 g/mol. The third kappa shape index (κ3) is 3.05. The molecule has 1 aliphatic carbocycles. The number of rotatable bonds is 3. The normalized spacial score (nSPS) is 33.1. The number of nitrogens with zero attached hydrogens (tertiary/aromatic N) is 1. The van der Waals surface area contributed by atoms with Crippen LogP contribution in [-0.4, -0.2) is 35.6 Å². The number of aliphatic hydroxyl groups excluding tert-OH is 1. The summed E-state index contributed by atoms with van der Waals surface area (Å²) in [5.74, 6) is 2.51. The molecule has 1 heterocycles. The van der Waals surface area contributed by atoms with Gasteiger partial charge in [0.25, 0.3) is 0 Å². The first kappa shape index (κ1) is 13.9. The number of hydrogen-bond donors (Lipinski definition) is 1. The van der Waals surface area contributed by atoms with Crippen molar-refractivity contribution < 1.29 is 9.90 Å². The molecule has 2 fully saturated rings. The van der Waals surface area contributed by atoms with Crippen molar-refractivity contribution in [3.05, 3.63) is 0 Å². The van der Waals surface area contributed by atoms with E-state index >= 15 is 0 Å². The van der Waals surface area contributed by atoms with Gasteiger partial charge in [0.2, 0.25) is 5.91 Å². The van der Waals surface area contributed by atoms with Crippen LogP contribution in [0.4, 0.5) is 0 Å². The van der Waals surface area contributed by atoms with Gasteiger partial charge < -0.3 is 10.0 Å². The lowest BCUT2D eigenvalue weighted by Crippen LogP contribution is -2.36. The van der Waals surface area contributed by atoms with Gasteiger partial charge in [-0.25, -0.2) is 0 Å². The van der Waals surface area contributed by atoms with Crippen molar-refractivity contribution in [1.82, 2.24) is 4.90 Å². The van der Waals surface area contributed by atoms with Crippen LogP contribution in [-0.2, 0) is 4.79 Å². The van der Waals surface area contributed by atoms with Crippen molar-refractivity contribution >= 4 is 5.91 Å². The Balaban J connectivity index is 1.81. The van der Waals surface area contributed by atoms with Gasteiger partial charge in [-0.2, -0.15) is 0 Å². The Hall–Kier alpha value is -0.570. The van der Waals surface area contributed by atoms with Gasteiger partial charge in [-0.3, -0.25) is 4.79 Å². The molecule has 18 heavy (non-hydrogen) atoms. The van der Waals surface area contributed by atoms with Gasteiger partial charge in [0, 0.05) is 31.5 Å². The summed E-state index contributed by atoms with van der Waals surface area (Å²) in [5, 5.41) is 9.13. The van der Waals surface area contributed by atoms with Crippen LogP contribution in [0.1, 0.15) is 46.0 Å². The molecule has 104 valence electrons. The maximum Gasteiger partial charge on any atom is 0.225 e. The molecule has 3 nitrogen and oxygen atoms in total. The quantitative estimate of drug-likeness (QED) is 0.838. The van der Waals surface area contributed by atoms with Crippen molar-refractivity contribution in [2.75, 3.05) is 19.7 Å². The summed E-state index contributed by atoms with van der Waals surface area (Å²) in [6.45, 7) is 6.44. The highest BCUT2D eigenvalue weighted by Crippen LogP contribution is 2.34. The monoisotopic (exact) mass is 253 g/mol. The Kier molecular flexibility index (Phi) is 4.66. The Morgan fingerprint density at radius 2 is 1.89 bits per heavy atom. The lowest BCUT2D eigenvalue weighted by atomic mass is 9.76. The minimum Gasteiger partial charge on any atom is -0.396 e. The molecular formula is C15H27NO2. The molecule has 1 amide bonds. The van der Waals surface area contributed by atoms with Crippen molar-refractivity contribution in [3.8, 4) is 0 Å². The molecule has 1 unspecified atom stereocenters. The van der Waals surface area contributed by atoms with Gasteiger partial charge in [-0.05, 0) is 43.9 Å². The predicted octanol–water partition coefficient (Wildman–Crippen LogP) is 2.29. The number of hydrogen-bond acceptors (Lipinski definition) is 2. The number of carbonyl (C=O) groups excluding carboxylic acids is 1. The molecule has 0 aromatic heterocycles. The molecule has 0 radical (unpaired) electrons. The second-order valence-electron chi connectivity index (χ2n) is 6.48. The van der Waals surface area contributed by atoms with Crippen molar-refractivity contribution in [2.45, 2.75) is 46.0 Å². The number of amides is 1. The topological polar surface area (TPSA) is 40.5 Å². The van der Waals surface area contributed by atoms with Crippen molar-refractivity contribution in [2.24, 2.45) is 23.7 Å². The van der Waals surface area contributed by atoms with Gasteiger partial charge in [0.05, 0.1) is 0 Å². The third-order valence-electron chi connectivity index (χ3n) is 4.92. The largest absolute Gasteiger partial charge is 0.396 e. The fourth-order valence-electron chi connectivity index (χ4n) is 3.47. The number of aliphatic hydroxyl groups is 1. The molecule has 0 spiro atoms. The molecule has 3 heteroatoms. The first-order valence-electron chi connectivity index (χ1n) is 7.51. The minimum atomic E-state index is 0.226. The van der Waals surface area contributed by atoms with Crippen LogP contribution in [0.25, 0.3) is 0 Å². The van der Waals surface area contributed by atoms with E-state index in [0.717, 1.165) is 44.2 Å². The van der Waals surface area contributed by atoms with E-state index in [1.54, 1.807) is 0 Å². The van der Waals surface area contributed by atoms with Crippen LogP contribution in [0.5, 0.6) is 0 Å². The SMILES string of the molecule is CC(C)C1CCC(C(=O)N2CCC(CO)C2)CC1. The zero-order chi connectivity index (χ0) is 13.1. The summed E-state index contributed by atoms with van der Waals surface area (Å²) in [5.41, 5.74) is 0. The zero-order valence-corrected chi connectivity index (χ0v) is 11.8. The predicted molar refractivity (Wildman–Crippen MR) is 72.1 cm³/mol. The standard InChI is InChI=1S/C15H27NO2/c1-11(2)13-3-5-14(6-4-13)15(18)16-8-7-12(9-16)10-17/h11-14,17H,3-10H2,1-2H3. The summed E-state index contributed by atoms with van der Waals surface area (Å²) in [7, 11) is 0. The van der Waals surface area contributed by atoms with E-state index in [-0.39, 0.29) is 12.5 Å². The van der Waals surface area contributed by atoms with Crippen LogP contribution >= 0.6 is 0 Å². The number of carbonyl (C=O) groups is 1. The van der Waals surface area contributed by atoms with Crippen LogP contribution in [0.2, 0.25) is 0 Å². The van der Waals surface area contributed by atoms with Crippen molar-refractivity contribution in [3.63, 3.8) is 0 Å². The number of likely N-dealkylation sites (tertiary alicyclic amines) is 1. The average Bonchev–Trinajstić information content (AvgIpc) is 2.86. The molecule has 1 atom stereocenters. The van der Waals surface area contributed by atoms with Gasteiger partial charge in [-0.15, -0.1) is 0 Å². The van der Waals surface area contributed by atoms with E-state index < -0.39 is 0 Å². The Bertz CT molecular complexity index is 282. The van der Waals surface area contributed by atoms with Gasteiger partial charge in [-0.1, -0.05) is 13.8 Å². The van der Waals surface area contributed by atoms with E-state index in [1.807, 2.05) is 4.90 Å². The molecule has 2 rings (SSSR count). The third-order valence-corrected chi connectivity index (χ3v) is 4.92. The fraction of sp³-hybridized carbons (Fsp3) is 0.933. The summed E-state index contributed by atoms with van der Waals surface area (Å²) < 4.78 is 0. The van der Waals surface area contributed by atoms with E-state index in [1.165, 1.54) is 12.8 Å². The first-order valence-corrected chi connectivity index (χ1v) is 7.51. The summed E-state index contributed by atoms with van der Waals surface area (Å²) in [6, 6.07) is 0. The zero-order valence-electron chi connectivity index (χ0n) is 11.8. The van der Waals surface area contributed by atoms with E-state index in [9.17, 15) is 4.79 Å². The highest BCUT2D eigenvalue weighted by molar-refractivity contribution is 5.79. The Morgan fingerprint density at radius 1 is 1.22 bits per heavy atom. The van der Waals surface area contributed by atoms with E-state index in [2.05, 4.69) is 13.8 Å². The Morgan fingerprint density at radius 3 is 2.39 bits per heavy atom. The van der Waals surface area contributed by atoms with Gasteiger partial charge in [0.1, 0.15) is 0 Å². The first-order chi connectivity index (χ1) is 8.61. The lowest BCUT2D eigenvalue weighted by Gasteiger charge is -2.32. The van der Waals surface area contributed by atoms with Crippen LogP contribution < -0.4 is 0 Å². The molecule has 1 aliphatic heterocycles. The fourth-order valence-corrected chi connectivity index (χ4v) is 3.47. The maximum atomic E-state index is 12.4. The molecule has 1 saturated carbocycles. The smallest absolute Gasteiger partial charge is 0.225 e. The maximum absolute atomic E-state index is 12.4. The molecule has 1 saturated heterocycles. The highest BCUT2D eigenvalue weighted by Gasteiger charge is 2.33. The minimum absolute atomic E-state index is 0.226.